The number of hydrogen-bond acceptors (Lipinski definition) is 4. The van der Waals surface area contributed by atoms with Gasteiger partial charge in [0.05, 0.1) is 10.6 Å². The van der Waals surface area contributed by atoms with Crippen LogP contribution in [-0.4, -0.2) is 43.3 Å². The second kappa shape index (κ2) is 14.9. The lowest BCUT2D eigenvalue weighted by Gasteiger charge is -2.35. The summed E-state index contributed by atoms with van der Waals surface area (Å²) < 4.78 is 29.7. The van der Waals surface area contributed by atoms with E-state index in [1.54, 1.807) is 42.5 Å². The number of nitrogens with zero attached hydrogens (tertiary/aromatic N) is 2. The molecule has 4 aromatic rings. The highest BCUT2D eigenvalue weighted by molar-refractivity contribution is 7.92. The molecule has 248 valence electrons. The Morgan fingerprint density at radius 2 is 1.43 bits per heavy atom. The zero-order valence-corrected chi connectivity index (χ0v) is 29.9. The van der Waals surface area contributed by atoms with Crippen molar-refractivity contribution < 1.29 is 18.0 Å². The second-order valence-corrected chi connectivity index (χ2v) is 15.4. The van der Waals surface area contributed by atoms with Crippen molar-refractivity contribution in [1.82, 2.24) is 10.2 Å². The van der Waals surface area contributed by atoms with Gasteiger partial charge in [-0.05, 0) is 94.6 Å². The highest BCUT2D eigenvalue weighted by Gasteiger charge is 2.36. The molecular formula is C37H41Cl2N3O4S. The molecule has 7 nitrogen and oxygen atoms in total. The van der Waals surface area contributed by atoms with Crippen LogP contribution >= 0.6 is 23.2 Å². The van der Waals surface area contributed by atoms with Gasteiger partial charge >= 0.3 is 0 Å². The fraction of sp³-hybridized carbons (Fsp3) is 0.297. The number of carbonyl (C=O) groups is 2. The van der Waals surface area contributed by atoms with Gasteiger partial charge < -0.3 is 10.2 Å². The maximum absolute atomic E-state index is 14.7. The predicted molar refractivity (Wildman–Crippen MR) is 190 cm³/mol. The van der Waals surface area contributed by atoms with E-state index in [9.17, 15) is 18.0 Å². The summed E-state index contributed by atoms with van der Waals surface area (Å²) in [6, 6.07) is 25.1. The molecule has 0 bridgehead atoms. The molecule has 0 spiro atoms. The second-order valence-electron chi connectivity index (χ2n) is 12.8. The molecule has 0 fully saturated rings. The third-order valence-corrected chi connectivity index (χ3v) is 10.3. The number of anilines is 1. The first-order valence-electron chi connectivity index (χ1n) is 15.3. The number of halogens is 2. The summed E-state index contributed by atoms with van der Waals surface area (Å²) in [5.74, 6) is -0.989. The number of benzene rings is 4. The van der Waals surface area contributed by atoms with Crippen LogP contribution in [0.1, 0.15) is 48.6 Å². The molecular weight excluding hydrogens is 653 g/mol. The van der Waals surface area contributed by atoms with E-state index in [2.05, 4.69) is 5.32 Å². The Hall–Kier alpha value is -3.85. The van der Waals surface area contributed by atoms with Crippen molar-refractivity contribution in [1.29, 1.82) is 0 Å². The molecule has 1 N–H and O–H groups in total. The maximum atomic E-state index is 14.7. The van der Waals surface area contributed by atoms with Gasteiger partial charge in [-0.25, -0.2) is 8.42 Å². The van der Waals surface area contributed by atoms with Crippen LogP contribution in [0.25, 0.3) is 0 Å². The minimum atomic E-state index is -4.22. The maximum Gasteiger partial charge on any atom is 0.264 e. The summed E-state index contributed by atoms with van der Waals surface area (Å²) in [4.78, 5) is 30.2. The third-order valence-electron chi connectivity index (χ3n) is 7.83. The normalized spacial score (nSPS) is 12.3. The number of hydrogen-bond donors (Lipinski definition) is 1. The third kappa shape index (κ3) is 9.15. The first-order chi connectivity index (χ1) is 22.1. The van der Waals surface area contributed by atoms with Crippen LogP contribution < -0.4 is 9.62 Å². The highest BCUT2D eigenvalue weighted by Crippen LogP contribution is 2.30. The molecule has 10 heteroatoms. The van der Waals surface area contributed by atoms with E-state index in [-0.39, 0.29) is 17.9 Å². The molecule has 0 aliphatic rings. The first-order valence-corrected chi connectivity index (χ1v) is 17.5. The van der Waals surface area contributed by atoms with Gasteiger partial charge in [-0.15, -0.1) is 0 Å². The molecule has 4 aromatic carbocycles. The zero-order valence-electron chi connectivity index (χ0n) is 27.6. The van der Waals surface area contributed by atoms with E-state index in [0.717, 1.165) is 26.6 Å². The Bertz CT molecular complexity index is 1820. The fourth-order valence-electron chi connectivity index (χ4n) is 5.11. The van der Waals surface area contributed by atoms with E-state index in [0.29, 0.717) is 21.3 Å². The standard InChI is InChI=1S/C37H41Cl2N3O4S/c1-25-15-19-30(20-16-25)47(45,46)42(29-18-17-26(2)27(3)21-29)24-35(43)41(23-31-32(38)13-10-14-33(31)39)34(36(44)40-37(4,5)6)22-28-11-8-7-9-12-28/h7-21,34H,22-24H2,1-6H3,(H,40,44)/t34-/m1/s1. The smallest absolute Gasteiger partial charge is 0.264 e. The van der Waals surface area contributed by atoms with E-state index in [4.69, 9.17) is 23.2 Å². The van der Waals surface area contributed by atoms with Gasteiger partial charge in [-0.2, -0.15) is 0 Å². The lowest BCUT2D eigenvalue weighted by Crippen LogP contribution is -2.56. The number of rotatable bonds is 11. The van der Waals surface area contributed by atoms with E-state index < -0.39 is 40.0 Å². The van der Waals surface area contributed by atoms with Crippen LogP contribution in [0.15, 0.2) is 95.9 Å². The summed E-state index contributed by atoms with van der Waals surface area (Å²) in [5.41, 5.74) is 3.73. The van der Waals surface area contributed by atoms with Crippen molar-refractivity contribution in [2.75, 3.05) is 10.8 Å². The largest absolute Gasteiger partial charge is 0.350 e. The zero-order chi connectivity index (χ0) is 34.5. The molecule has 0 saturated carbocycles. The van der Waals surface area contributed by atoms with Gasteiger partial charge in [0.25, 0.3) is 10.0 Å². The molecule has 0 aliphatic carbocycles. The Morgan fingerprint density at radius 1 is 0.809 bits per heavy atom. The lowest BCUT2D eigenvalue weighted by molar-refractivity contribution is -0.140. The molecule has 47 heavy (non-hydrogen) atoms. The van der Waals surface area contributed by atoms with Gasteiger partial charge in [0.2, 0.25) is 11.8 Å². The molecule has 4 rings (SSSR count). The molecule has 0 heterocycles. The first kappa shape index (κ1) is 36.0. The van der Waals surface area contributed by atoms with Crippen LogP contribution in [0, 0.1) is 20.8 Å². The Labute approximate surface area is 288 Å². The Balaban J connectivity index is 1.87. The molecule has 0 aliphatic heterocycles. The SMILES string of the molecule is Cc1ccc(S(=O)(=O)N(CC(=O)N(Cc2c(Cl)cccc2Cl)[C@H](Cc2ccccc2)C(=O)NC(C)(C)C)c2ccc(C)c(C)c2)cc1. The van der Waals surface area contributed by atoms with Crippen molar-refractivity contribution >= 4 is 50.7 Å². The summed E-state index contributed by atoms with van der Waals surface area (Å²) in [5, 5.41) is 3.66. The van der Waals surface area contributed by atoms with Gasteiger partial charge in [0, 0.05) is 34.1 Å². The summed E-state index contributed by atoms with van der Waals surface area (Å²) in [6.07, 6.45) is 0.172. The number of aryl methyl sites for hydroxylation is 3. The predicted octanol–water partition coefficient (Wildman–Crippen LogP) is 7.67. The van der Waals surface area contributed by atoms with Crippen LogP contribution in [0.3, 0.4) is 0 Å². The minimum absolute atomic E-state index is 0.0427. The molecule has 0 unspecified atom stereocenters. The van der Waals surface area contributed by atoms with Crippen molar-refractivity contribution in [2.45, 2.75) is 71.0 Å². The van der Waals surface area contributed by atoms with Gasteiger partial charge in [0.1, 0.15) is 12.6 Å². The average molecular weight is 695 g/mol. The fourth-order valence-corrected chi connectivity index (χ4v) is 7.03. The summed E-state index contributed by atoms with van der Waals surface area (Å²) >= 11 is 13.2. The molecule has 0 radical (unpaired) electrons. The molecule has 0 aromatic heterocycles. The Morgan fingerprint density at radius 3 is 2.00 bits per heavy atom. The van der Waals surface area contributed by atoms with E-state index in [1.165, 1.54) is 17.0 Å². The van der Waals surface area contributed by atoms with Crippen molar-refractivity contribution in [2.24, 2.45) is 0 Å². The van der Waals surface area contributed by atoms with Crippen LogP contribution in [0.5, 0.6) is 0 Å². The number of nitrogens with one attached hydrogen (secondary N) is 1. The van der Waals surface area contributed by atoms with Gasteiger partial charge in [-0.1, -0.05) is 83.4 Å². The van der Waals surface area contributed by atoms with Gasteiger partial charge in [-0.3, -0.25) is 13.9 Å². The summed E-state index contributed by atoms with van der Waals surface area (Å²) in [6.45, 7) is 10.6. The van der Waals surface area contributed by atoms with Crippen LogP contribution in [0.4, 0.5) is 5.69 Å². The molecule has 2 amide bonds. The van der Waals surface area contributed by atoms with E-state index in [1.807, 2.05) is 77.9 Å². The number of sulfonamides is 1. The van der Waals surface area contributed by atoms with Crippen molar-refractivity contribution in [3.8, 4) is 0 Å². The molecule has 1 atom stereocenters. The van der Waals surface area contributed by atoms with E-state index >= 15 is 0 Å². The monoisotopic (exact) mass is 693 g/mol. The quantitative estimate of drug-likeness (QED) is 0.175. The van der Waals surface area contributed by atoms with Crippen molar-refractivity contribution in [3.05, 3.63) is 129 Å². The average Bonchev–Trinajstić information content (AvgIpc) is 3.00. The van der Waals surface area contributed by atoms with Crippen LogP contribution in [-0.2, 0) is 32.6 Å². The number of amides is 2. The minimum Gasteiger partial charge on any atom is -0.350 e. The Kier molecular flexibility index (Phi) is 11.4. The van der Waals surface area contributed by atoms with Crippen molar-refractivity contribution in [3.63, 3.8) is 0 Å². The van der Waals surface area contributed by atoms with Gasteiger partial charge in [0.15, 0.2) is 0 Å². The topological polar surface area (TPSA) is 86.8 Å². The summed E-state index contributed by atoms with van der Waals surface area (Å²) in [7, 11) is -4.22. The van der Waals surface area contributed by atoms with Crippen LogP contribution in [0.2, 0.25) is 10.0 Å². The number of carbonyl (C=O) groups excluding carboxylic acids is 2. The lowest BCUT2D eigenvalue weighted by atomic mass is 10.0. The highest BCUT2D eigenvalue weighted by atomic mass is 35.5. The molecule has 0 saturated heterocycles.